The molecule has 0 radical (unpaired) electrons. The molecule has 176 valence electrons. The Balaban J connectivity index is 1.42. The van der Waals surface area contributed by atoms with Gasteiger partial charge in [-0.15, -0.1) is 0 Å². The van der Waals surface area contributed by atoms with Gasteiger partial charge in [-0.3, -0.25) is 4.79 Å². The SMILES string of the molecule is Cc1cc(NC(=O)c2cccc3ccccc23)n(-c2ncnc3c2cnn3-c2ccc(C)c(C)c2)n1. The highest BCUT2D eigenvalue weighted by Crippen LogP contribution is 2.26. The van der Waals surface area contributed by atoms with E-state index in [9.17, 15) is 4.79 Å². The number of fused-ring (bicyclic) bond motifs is 2. The standard InChI is InChI=1S/C28H23N7O/c1-17-11-12-21(13-18(17)2)34-26-24(15-31-34)27(30-16-29-26)35-25(14-19(3)33-35)32-28(36)23-10-6-8-20-7-4-5-9-22(20)23/h4-16H,1-3H3,(H,32,36). The average molecular weight is 474 g/mol. The molecule has 0 saturated carbocycles. The lowest BCUT2D eigenvalue weighted by Crippen LogP contribution is -2.16. The molecule has 0 saturated heterocycles. The van der Waals surface area contributed by atoms with Crippen LogP contribution in [0.2, 0.25) is 0 Å². The molecule has 0 bridgehead atoms. The zero-order chi connectivity index (χ0) is 24.8. The fourth-order valence-electron chi connectivity index (χ4n) is 4.40. The average Bonchev–Trinajstić information content (AvgIpc) is 3.48. The first-order valence-corrected chi connectivity index (χ1v) is 11.6. The molecule has 0 atom stereocenters. The Labute approximate surface area is 207 Å². The highest BCUT2D eigenvalue weighted by molar-refractivity contribution is 6.12. The Bertz CT molecular complexity index is 1780. The van der Waals surface area contributed by atoms with Gasteiger partial charge in [-0.2, -0.15) is 14.9 Å². The number of nitrogens with one attached hydrogen (secondary N) is 1. The summed E-state index contributed by atoms with van der Waals surface area (Å²) < 4.78 is 3.42. The molecule has 0 unspecified atom stereocenters. The van der Waals surface area contributed by atoms with Crippen molar-refractivity contribution in [1.29, 1.82) is 0 Å². The number of rotatable bonds is 4. The number of benzene rings is 3. The third-order valence-electron chi connectivity index (χ3n) is 6.39. The minimum Gasteiger partial charge on any atom is -0.306 e. The van der Waals surface area contributed by atoms with Crippen LogP contribution in [0.25, 0.3) is 33.3 Å². The van der Waals surface area contributed by atoms with Crippen molar-refractivity contribution < 1.29 is 4.79 Å². The minimum atomic E-state index is -0.218. The predicted octanol–water partition coefficient (Wildman–Crippen LogP) is 5.33. The predicted molar refractivity (Wildman–Crippen MR) is 140 cm³/mol. The fourth-order valence-corrected chi connectivity index (χ4v) is 4.40. The maximum Gasteiger partial charge on any atom is 0.257 e. The number of aromatic nitrogens is 6. The summed E-state index contributed by atoms with van der Waals surface area (Å²) in [6.07, 6.45) is 3.22. The Morgan fingerprint density at radius 1 is 0.833 bits per heavy atom. The number of nitrogens with zero attached hydrogens (tertiary/aromatic N) is 6. The van der Waals surface area contributed by atoms with E-state index in [1.807, 2.05) is 61.5 Å². The monoisotopic (exact) mass is 473 g/mol. The van der Waals surface area contributed by atoms with E-state index in [1.54, 1.807) is 15.6 Å². The number of aryl methyl sites for hydroxylation is 3. The van der Waals surface area contributed by atoms with Crippen molar-refractivity contribution in [1.82, 2.24) is 29.5 Å². The Kier molecular flexibility index (Phi) is 5.07. The Morgan fingerprint density at radius 3 is 2.53 bits per heavy atom. The van der Waals surface area contributed by atoms with E-state index >= 15 is 0 Å². The molecule has 8 nitrogen and oxygen atoms in total. The molecule has 0 fully saturated rings. The Morgan fingerprint density at radius 2 is 1.67 bits per heavy atom. The van der Waals surface area contributed by atoms with Crippen molar-refractivity contribution in [2.24, 2.45) is 0 Å². The third-order valence-corrected chi connectivity index (χ3v) is 6.39. The molecule has 8 heteroatoms. The number of hydrogen-bond donors (Lipinski definition) is 1. The van der Waals surface area contributed by atoms with Crippen LogP contribution in [0.15, 0.2) is 79.3 Å². The topological polar surface area (TPSA) is 90.5 Å². The molecule has 36 heavy (non-hydrogen) atoms. The highest BCUT2D eigenvalue weighted by Gasteiger charge is 2.19. The molecular weight excluding hydrogens is 450 g/mol. The summed E-state index contributed by atoms with van der Waals surface area (Å²) in [6, 6.07) is 21.5. The first kappa shape index (κ1) is 21.7. The van der Waals surface area contributed by atoms with Crippen molar-refractivity contribution >= 4 is 33.5 Å². The molecule has 0 aliphatic heterocycles. The van der Waals surface area contributed by atoms with Crippen LogP contribution in [0.1, 0.15) is 27.2 Å². The van der Waals surface area contributed by atoms with Crippen LogP contribution in [0.5, 0.6) is 0 Å². The van der Waals surface area contributed by atoms with Crippen molar-refractivity contribution in [3.63, 3.8) is 0 Å². The molecule has 3 aromatic heterocycles. The molecular formula is C28H23N7O. The number of carbonyl (C=O) groups is 1. The summed E-state index contributed by atoms with van der Waals surface area (Å²) in [5.74, 6) is 0.838. The first-order chi connectivity index (χ1) is 17.5. The quantitative estimate of drug-likeness (QED) is 0.374. The lowest BCUT2D eigenvalue weighted by atomic mass is 10.0. The lowest BCUT2D eigenvalue weighted by molar-refractivity contribution is 0.102. The van der Waals surface area contributed by atoms with Gasteiger partial charge in [0.15, 0.2) is 11.5 Å². The van der Waals surface area contributed by atoms with Gasteiger partial charge in [0, 0.05) is 11.6 Å². The maximum absolute atomic E-state index is 13.3. The summed E-state index contributed by atoms with van der Waals surface area (Å²) >= 11 is 0. The van der Waals surface area contributed by atoms with Crippen molar-refractivity contribution in [2.45, 2.75) is 20.8 Å². The van der Waals surface area contributed by atoms with Crippen LogP contribution in [0.3, 0.4) is 0 Å². The molecule has 6 aromatic rings. The van der Waals surface area contributed by atoms with Crippen LogP contribution < -0.4 is 5.32 Å². The van der Waals surface area contributed by atoms with Gasteiger partial charge in [0.1, 0.15) is 12.1 Å². The minimum absolute atomic E-state index is 0.218. The van der Waals surface area contributed by atoms with Crippen molar-refractivity contribution in [3.05, 3.63) is 102 Å². The van der Waals surface area contributed by atoms with Crippen molar-refractivity contribution in [2.75, 3.05) is 5.32 Å². The van der Waals surface area contributed by atoms with Crippen LogP contribution in [-0.4, -0.2) is 35.4 Å². The van der Waals surface area contributed by atoms with Crippen molar-refractivity contribution in [3.8, 4) is 11.5 Å². The van der Waals surface area contributed by atoms with E-state index in [2.05, 4.69) is 51.5 Å². The molecule has 0 aliphatic rings. The fraction of sp³-hybridized carbons (Fsp3) is 0.107. The molecule has 1 N–H and O–H groups in total. The first-order valence-electron chi connectivity index (χ1n) is 11.6. The summed E-state index contributed by atoms with van der Waals surface area (Å²) in [5, 5.41) is 14.9. The van der Waals surface area contributed by atoms with E-state index in [0.717, 1.165) is 27.5 Å². The molecule has 1 amide bonds. The van der Waals surface area contributed by atoms with E-state index < -0.39 is 0 Å². The second kappa shape index (κ2) is 8.42. The second-order valence-corrected chi connectivity index (χ2v) is 8.82. The van der Waals surface area contributed by atoms with Gasteiger partial charge in [-0.1, -0.05) is 42.5 Å². The van der Waals surface area contributed by atoms with Gasteiger partial charge in [-0.05, 0) is 60.9 Å². The van der Waals surface area contributed by atoms with Crippen LogP contribution >= 0.6 is 0 Å². The second-order valence-electron chi connectivity index (χ2n) is 8.82. The normalized spacial score (nSPS) is 11.3. The van der Waals surface area contributed by atoms with Gasteiger partial charge in [-0.25, -0.2) is 14.6 Å². The van der Waals surface area contributed by atoms with Gasteiger partial charge < -0.3 is 5.32 Å². The van der Waals surface area contributed by atoms with Crippen LogP contribution in [-0.2, 0) is 0 Å². The number of carbonyl (C=O) groups excluding carboxylic acids is 1. The van der Waals surface area contributed by atoms with E-state index in [-0.39, 0.29) is 5.91 Å². The summed E-state index contributed by atoms with van der Waals surface area (Å²) in [5.41, 5.74) is 5.29. The zero-order valence-electron chi connectivity index (χ0n) is 20.1. The highest BCUT2D eigenvalue weighted by atomic mass is 16.1. The van der Waals surface area contributed by atoms with E-state index in [1.165, 1.54) is 17.5 Å². The summed E-state index contributed by atoms with van der Waals surface area (Å²) in [7, 11) is 0. The smallest absolute Gasteiger partial charge is 0.257 e. The van der Waals surface area contributed by atoms with Gasteiger partial charge in [0.05, 0.1) is 23.0 Å². The van der Waals surface area contributed by atoms with Gasteiger partial charge >= 0.3 is 0 Å². The van der Waals surface area contributed by atoms with Gasteiger partial charge in [0.25, 0.3) is 5.91 Å². The lowest BCUT2D eigenvalue weighted by Gasteiger charge is -2.11. The zero-order valence-corrected chi connectivity index (χ0v) is 20.1. The van der Waals surface area contributed by atoms with E-state index in [0.29, 0.717) is 22.8 Å². The largest absolute Gasteiger partial charge is 0.306 e. The summed E-state index contributed by atoms with van der Waals surface area (Å²) in [4.78, 5) is 22.3. The third kappa shape index (κ3) is 3.60. The van der Waals surface area contributed by atoms with E-state index in [4.69, 9.17) is 0 Å². The Hall–Kier alpha value is -4.85. The molecule has 0 aliphatic carbocycles. The van der Waals surface area contributed by atoms with Crippen LogP contribution in [0.4, 0.5) is 5.82 Å². The molecule has 6 rings (SSSR count). The number of anilines is 1. The molecule has 0 spiro atoms. The maximum atomic E-state index is 13.3. The van der Waals surface area contributed by atoms with Crippen LogP contribution in [0, 0.1) is 20.8 Å². The molecule has 3 aromatic carbocycles. The number of amides is 1. The molecule has 3 heterocycles. The summed E-state index contributed by atoms with van der Waals surface area (Å²) in [6.45, 7) is 6.03. The van der Waals surface area contributed by atoms with Gasteiger partial charge in [0.2, 0.25) is 0 Å². The number of hydrogen-bond acceptors (Lipinski definition) is 5.